The first-order valence-corrected chi connectivity index (χ1v) is 10.1. The van der Waals surface area contributed by atoms with Gasteiger partial charge in [-0.25, -0.2) is 0 Å². The van der Waals surface area contributed by atoms with Gasteiger partial charge in [0.25, 0.3) is 5.91 Å². The van der Waals surface area contributed by atoms with Gasteiger partial charge >= 0.3 is 0 Å². The van der Waals surface area contributed by atoms with Crippen molar-refractivity contribution in [2.24, 2.45) is 0 Å². The van der Waals surface area contributed by atoms with Gasteiger partial charge in [0.2, 0.25) is 0 Å². The lowest BCUT2D eigenvalue weighted by atomic mass is 9.65. The number of aryl methyl sites for hydroxylation is 1. The number of carbonyl (C=O) groups excluding carboxylic acids is 1. The van der Waals surface area contributed by atoms with Crippen molar-refractivity contribution < 1.29 is 4.79 Å². The Bertz CT molecular complexity index is 1050. The van der Waals surface area contributed by atoms with Crippen LogP contribution in [0.15, 0.2) is 72.8 Å². The third kappa shape index (κ3) is 3.21. The van der Waals surface area contributed by atoms with Gasteiger partial charge in [-0.3, -0.25) is 4.79 Å². The van der Waals surface area contributed by atoms with Crippen molar-refractivity contribution in [3.05, 3.63) is 95.1 Å². The van der Waals surface area contributed by atoms with Crippen LogP contribution in [0.2, 0.25) is 0 Å². The largest absolute Gasteiger partial charge is 0.399 e. The van der Waals surface area contributed by atoms with Gasteiger partial charge in [-0.15, -0.1) is 0 Å². The number of carbonyl (C=O) groups is 1. The smallest absolute Gasteiger partial charge is 0.258 e. The Morgan fingerprint density at radius 3 is 2.24 bits per heavy atom. The molecule has 0 spiro atoms. The monoisotopic (exact) mass is 384 g/mol. The molecule has 0 radical (unpaired) electrons. The number of anilines is 2. The number of rotatable bonds is 2. The summed E-state index contributed by atoms with van der Waals surface area (Å²) < 4.78 is 0. The SMILES string of the molecule is Cc1ccc(C(=O)N2c3cc(N)ccc3[C@](C)(c3ccccc3)CC2(C)C)cc1. The first-order valence-electron chi connectivity index (χ1n) is 10.1. The predicted octanol–water partition coefficient (Wildman–Crippen LogP) is 5.71. The number of hydrogen-bond donors (Lipinski definition) is 1. The van der Waals surface area contributed by atoms with E-state index in [0.29, 0.717) is 11.3 Å². The van der Waals surface area contributed by atoms with E-state index in [0.717, 1.165) is 23.2 Å². The first-order chi connectivity index (χ1) is 13.7. The normalized spacial score (nSPS) is 20.2. The molecule has 4 rings (SSSR count). The Morgan fingerprint density at radius 2 is 1.59 bits per heavy atom. The molecule has 3 nitrogen and oxygen atoms in total. The van der Waals surface area contributed by atoms with Crippen LogP contribution in [0.4, 0.5) is 11.4 Å². The van der Waals surface area contributed by atoms with E-state index in [9.17, 15) is 4.79 Å². The molecule has 1 atom stereocenters. The molecule has 148 valence electrons. The number of nitrogens with two attached hydrogens (primary N) is 1. The highest BCUT2D eigenvalue weighted by Gasteiger charge is 2.47. The van der Waals surface area contributed by atoms with Crippen LogP contribution in [0.25, 0.3) is 0 Å². The summed E-state index contributed by atoms with van der Waals surface area (Å²) in [5.41, 5.74) is 11.4. The standard InChI is InChI=1S/C26H28N2O/c1-18-10-12-19(13-11-18)24(29)28-23-16-21(27)14-15-22(23)26(4,17-25(28,2)3)20-8-6-5-7-9-20/h5-16H,17,27H2,1-4H3/t26-/m0/s1. The average Bonchev–Trinajstić information content (AvgIpc) is 2.68. The molecule has 1 heterocycles. The lowest BCUT2D eigenvalue weighted by Crippen LogP contribution is -2.55. The van der Waals surface area contributed by atoms with E-state index in [-0.39, 0.29) is 16.9 Å². The summed E-state index contributed by atoms with van der Waals surface area (Å²) >= 11 is 0. The molecule has 3 aromatic rings. The van der Waals surface area contributed by atoms with Crippen LogP contribution in [-0.4, -0.2) is 11.4 Å². The molecule has 0 fully saturated rings. The lowest BCUT2D eigenvalue weighted by molar-refractivity contribution is 0.0949. The predicted molar refractivity (Wildman–Crippen MR) is 120 cm³/mol. The highest BCUT2D eigenvalue weighted by Crippen LogP contribution is 2.51. The summed E-state index contributed by atoms with van der Waals surface area (Å²) in [5, 5.41) is 0. The molecular weight excluding hydrogens is 356 g/mol. The Balaban J connectivity index is 1.91. The minimum atomic E-state index is -0.382. The molecule has 0 aliphatic carbocycles. The summed E-state index contributed by atoms with van der Waals surface area (Å²) in [5.74, 6) is 0.0111. The van der Waals surface area contributed by atoms with Gasteiger partial charge in [0.15, 0.2) is 0 Å². The van der Waals surface area contributed by atoms with Crippen molar-refractivity contribution in [2.45, 2.75) is 45.1 Å². The Hall–Kier alpha value is -3.07. The second-order valence-electron chi connectivity index (χ2n) is 8.97. The van der Waals surface area contributed by atoms with Crippen molar-refractivity contribution in [3.8, 4) is 0 Å². The molecule has 2 N–H and O–H groups in total. The maximum Gasteiger partial charge on any atom is 0.258 e. The van der Waals surface area contributed by atoms with Crippen LogP contribution in [0.3, 0.4) is 0 Å². The molecule has 3 aromatic carbocycles. The summed E-state index contributed by atoms with van der Waals surface area (Å²) in [6, 6.07) is 24.3. The van der Waals surface area contributed by atoms with Crippen LogP contribution in [0, 0.1) is 6.92 Å². The summed E-state index contributed by atoms with van der Waals surface area (Å²) in [6.07, 6.45) is 0.818. The molecule has 0 unspecified atom stereocenters. The Morgan fingerprint density at radius 1 is 0.931 bits per heavy atom. The van der Waals surface area contributed by atoms with Gasteiger partial charge in [0.05, 0.1) is 5.69 Å². The van der Waals surface area contributed by atoms with Crippen molar-refractivity contribution in [1.29, 1.82) is 0 Å². The maximum absolute atomic E-state index is 13.6. The lowest BCUT2D eigenvalue weighted by Gasteiger charge is -2.51. The molecule has 0 saturated carbocycles. The van der Waals surface area contributed by atoms with Crippen LogP contribution >= 0.6 is 0 Å². The fraction of sp³-hybridized carbons (Fsp3) is 0.269. The number of nitrogen functional groups attached to an aromatic ring is 1. The van der Waals surface area contributed by atoms with Gasteiger partial charge < -0.3 is 10.6 Å². The Kier molecular flexibility index (Phi) is 4.49. The Labute approximate surface area is 173 Å². The average molecular weight is 385 g/mol. The fourth-order valence-electron chi connectivity index (χ4n) is 4.84. The first kappa shape index (κ1) is 19.3. The van der Waals surface area contributed by atoms with E-state index < -0.39 is 0 Å². The zero-order valence-corrected chi connectivity index (χ0v) is 17.6. The zero-order chi connectivity index (χ0) is 20.8. The van der Waals surface area contributed by atoms with Gasteiger partial charge in [-0.2, -0.15) is 0 Å². The number of benzene rings is 3. The molecular formula is C26H28N2O. The minimum Gasteiger partial charge on any atom is -0.399 e. The van der Waals surface area contributed by atoms with Crippen molar-refractivity contribution in [3.63, 3.8) is 0 Å². The molecule has 3 heteroatoms. The van der Waals surface area contributed by atoms with E-state index in [1.165, 1.54) is 5.56 Å². The topological polar surface area (TPSA) is 46.3 Å². The highest BCUT2D eigenvalue weighted by molar-refractivity contribution is 6.08. The van der Waals surface area contributed by atoms with E-state index in [1.54, 1.807) is 0 Å². The van der Waals surface area contributed by atoms with E-state index in [1.807, 2.05) is 54.3 Å². The molecule has 29 heavy (non-hydrogen) atoms. The second kappa shape index (κ2) is 6.77. The third-order valence-corrected chi connectivity index (χ3v) is 6.16. The molecule has 0 aromatic heterocycles. The molecule has 0 bridgehead atoms. The maximum atomic E-state index is 13.6. The van der Waals surface area contributed by atoms with E-state index in [2.05, 4.69) is 51.1 Å². The summed E-state index contributed by atoms with van der Waals surface area (Å²) in [6.45, 7) is 8.59. The van der Waals surface area contributed by atoms with Gasteiger partial charge in [-0.1, -0.05) is 61.0 Å². The van der Waals surface area contributed by atoms with Gasteiger partial charge in [0.1, 0.15) is 0 Å². The van der Waals surface area contributed by atoms with Crippen LogP contribution in [-0.2, 0) is 5.41 Å². The minimum absolute atomic E-state index is 0.0111. The number of fused-ring (bicyclic) bond motifs is 1. The molecule has 1 aliphatic rings. The fourth-order valence-corrected chi connectivity index (χ4v) is 4.84. The third-order valence-electron chi connectivity index (χ3n) is 6.16. The van der Waals surface area contributed by atoms with Crippen molar-refractivity contribution >= 4 is 17.3 Å². The summed E-state index contributed by atoms with van der Waals surface area (Å²) in [4.78, 5) is 15.6. The van der Waals surface area contributed by atoms with Gasteiger partial charge in [-0.05, 0) is 62.6 Å². The van der Waals surface area contributed by atoms with Crippen LogP contribution in [0.5, 0.6) is 0 Å². The van der Waals surface area contributed by atoms with Crippen molar-refractivity contribution in [1.82, 2.24) is 0 Å². The van der Waals surface area contributed by atoms with E-state index >= 15 is 0 Å². The second-order valence-corrected chi connectivity index (χ2v) is 8.97. The quantitative estimate of drug-likeness (QED) is 0.575. The highest BCUT2D eigenvalue weighted by atomic mass is 16.2. The molecule has 1 aliphatic heterocycles. The van der Waals surface area contributed by atoms with Crippen LogP contribution < -0.4 is 10.6 Å². The number of hydrogen-bond acceptors (Lipinski definition) is 2. The van der Waals surface area contributed by atoms with E-state index in [4.69, 9.17) is 5.73 Å². The summed E-state index contributed by atoms with van der Waals surface area (Å²) in [7, 11) is 0. The molecule has 0 saturated heterocycles. The van der Waals surface area contributed by atoms with Crippen LogP contribution in [0.1, 0.15) is 54.2 Å². The van der Waals surface area contributed by atoms with Crippen molar-refractivity contribution in [2.75, 3.05) is 10.6 Å². The number of amides is 1. The number of nitrogens with zero attached hydrogens (tertiary/aromatic N) is 1. The zero-order valence-electron chi connectivity index (χ0n) is 17.6. The molecule has 1 amide bonds. The van der Waals surface area contributed by atoms with Gasteiger partial charge in [0, 0.05) is 22.2 Å².